The van der Waals surface area contributed by atoms with Crippen molar-refractivity contribution < 1.29 is 4.79 Å². The van der Waals surface area contributed by atoms with Crippen LogP contribution in [0.3, 0.4) is 0 Å². The lowest BCUT2D eigenvalue weighted by molar-refractivity contribution is 0.0636. The number of nitrogens with one attached hydrogen (secondary N) is 2. The molecule has 1 fully saturated rings. The Balaban J connectivity index is 1.42. The Bertz CT molecular complexity index is 1130. The van der Waals surface area contributed by atoms with Crippen molar-refractivity contribution in [2.75, 3.05) is 20.1 Å². The second-order valence-corrected chi connectivity index (χ2v) is 7.58. The molecule has 2 N–H and O–H groups in total. The standard InChI is InChI=1S/C22H24N4O3/c1-25(17-9-11-26(12-10-17)14-15-5-3-2-4-6-15)22(29)16-7-8-18-19(13-16)24-21(28)20(27)23-18/h2-8,13,17H,9-12,14H2,1H3,(H,23,27)(H,24,28). The average Bonchev–Trinajstić information content (AvgIpc) is 2.74. The van der Waals surface area contributed by atoms with Gasteiger partial charge in [-0.1, -0.05) is 30.3 Å². The molecule has 1 aliphatic heterocycles. The van der Waals surface area contributed by atoms with Crippen molar-refractivity contribution in [3.63, 3.8) is 0 Å². The molecule has 3 aromatic rings. The van der Waals surface area contributed by atoms with E-state index in [1.54, 1.807) is 23.1 Å². The lowest BCUT2D eigenvalue weighted by Gasteiger charge is -2.36. The predicted octanol–water partition coefficient (Wildman–Crippen LogP) is 1.95. The molecule has 0 bridgehead atoms. The Labute approximate surface area is 168 Å². The monoisotopic (exact) mass is 392 g/mol. The first-order valence-electron chi connectivity index (χ1n) is 9.81. The van der Waals surface area contributed by atoms with Gasteiger partial charge in [0.2, 0.25) is 0 Å². The van der Waals surface area contributed by atoms with Crippen LogP contribution in [0.2, 0.25) is 0 Å². The number of aromatic amines is 2. The fourth-order valence-electron chi connectivity index (χ4n) is 3.92. The minimum atomic E-state index is -0.721. The van der Waals surface area contributed by atoms with Gasteiger partial charge in [-0.3, -0.25) is 19.3 Å². The van der Waals surface area contributed by atoms with Crippen molar-refractivity contribution in [2.45, 2.75) is 25.4 Å². The number of hydrogen-bond acceptors (Lipinski definition) is 4. The van der Waals surface area contributed by atoms with Gasteiger partial charge in [-0.15, -0.1) is 0 Å². The number of rotatable bonds is 4. The van der Waals surface area contributed by atoms with Crippen LogP contribution in [0, 0.1) is 0 Å². The van der Waals surface area contributed by atoms with Crippen LogP contribution < -0.4 is 11.1 Å². The molecule has 150 valence electrons. The second kappa shape index (κ2) is 8.05. The summed E-state index contributed by atoms with van der Waals surface area (Å²) in [5.74, 6) is -0.0829. The topological polar surface area (TPSA) is 89.3 Å². The maximum Gasteiger partial charge on any atom is 0.314 e. The molecular formula is C22H24N4O3. The van der Waals surface area contributed by atoms with E-state index in [2.05, 4.69) is 39.1 Å². The second-order valence-electron chi connectivity index (χ2n) is 7.58. The number of likely N-dealkylation sites (tertiary alicyclic amines) is 1. The zero-order valence-corrected chi connectivity index (χ0v) is 16.4. The van der Waals surface area contributed by atoms with Crippen LogP contribution in [-0.4, -0.2) is 51.9 Å². The van der Waals surface area contributed by atoms with E-state index >= 15 is 0 Å². The first-order valence-corrected chi connectivity index (χ1v) is 9.81. The number of benzene rings is 2. The zero-order chi connectivity index (χ0) is 20.4. The average molecular weight is 392 g/mol. The normalized spacial score (nSPS) is 15.5. The van der Waals surface area contributed by atoms with Crippen LogP contribution >= 0.6 is 0 Å². The summed E-state index contributed by atoms with van der Waals surface area (Å²) in [6.07, 6.45) is 1.85. The van der Waals surface area contributed by atoms with Crippen molar-refractivity contribution in [2.24, 2.45) is 0 Å². The minimum Gasteiger partial charge on any atom is -0.339 e. The molecule has 2 aromatic carbocycles. The Morgan fingerprint density at radius 1 is 1.00 bits per heavy atom. The molecule has 1 aromatic heterocycles. The van der Waals surface area contributed by atoms with E-state index in [9.17, 15) is 14.4 Å². The largest absolute Gasteiger partial charge is 0.339 e. The zero-order valence-electron chi connectivity index (χ0n) is 16.4. The van der Waals surface area contributed by atoms with E-state index in [0.717, 1.165) is 32.5 Å². The number of H-pyrrole nitrogens is 2. The molecule has 1 saturated heterocycles. The number of fused-ring (bicyclic) bond motifs is 1. The van der Waals surface area contributed by atoms with Crippen molar-refractivity contribution in [1.82, 2.24) is 19.8 Å². The summed E-state index contributed by atoms with van der Waals surface area (Å²) in [5.41, 5.74) is 1.33. The molecule has 0 atom stereocenters. The van der Waals surface area contributed by atoms with Gasteiger partial charge in [0.1, 0.15) is 0 Å². The molecule has 29 heavy (non-hydrogen) atoms. The van der Waals surface area contributed by atoms with Crippen molar-refractivity contribution in [3.05, 3.63) is 80.4 Å². The quantitative estimate of drug-likeness (QED) is 0.664. The fourth-order valence-corrected chi connectivity index (χ4v) is 3.92. The van der Waals surface area contributed by atoms with E-state index in [0.29, 0.717) is 16.6 Å². The van der Waals surface area contributed by atoms with Crippen molar-refractivity contribution >= 4 is 16.9 Å². The summed E-state index contributed by atoms with van der Waals surface area (Å²) in [5, 5.41) is 0. The highest BCUT2D eigenvalue weighted by molar-refractivity contribution is 5.97. The van der Waals surface area contributed by atoms with Crippen LogP contribution in [0.25, 0.3) is 11.0 Å². The summed E-state index contributed by atoms with van der Waals surface area (Å²) in [4.78, 5) is 45.2. The third-order valence-electron chi connectivity index (χ3n) is 5.64. The van der Waals surface area contributed by atoms with Crippen LogP contribution in [-0.2, 0) is 6.54 Å². The fraction of sp³-hybridized carbons (Fsp3) is 0.318. The summed E-state index contributed by atoms with van der Waals surface area (Å²) in [6.45, 7) is 2.83. The molecule has 4 rings (SSSR count). The highest BCUT2D eigenvalue weighted by atomic mass is 16.2. The maximum atomic E-state index is 13.0. The number of hydrogen-bond donors (Lipinski definition) is 2. The third-order valence-corrected chi connectivity index (χ3v) is 5.64. The highest BCUT2D eigenvalue weighted by Gasteiger charge is 2.26. The molecule has 1 aliphatic rings. The van der Waals surface area contributed by atoms with E-state index < -0.39 is 11.1 Å². The Morgan fingerprint density at radius 2 is 1.66 bits per heavy atom. The summed E-state index contributed by atoms with van der Waals surface area (Å²) in [7, 11) is 1.83. The van der Waals surface area contributed by atoms with Gasteiger partial charge in [0.15, 0.2) is 0 Å². The summed E-state index contributed by atoms with van der Waals surface area (Å²) < 4.78 is 0. The molecule has 2 heterocycles. The molecule has 0 radical (unpaired) electrons. The highest BCUT2D eigenvalue weighted by Crippen LogP contribution is 2.20. The van der Waals surface area contributed by atoms with Crippen LogP contribution in [0.5, 0.6) is 0 Å². The minimum absolute atomic E-state index is 0.0829. The lowest BCUT2D eigenvalue weighted by atomic mass is 10.0. The number of nitrogens with zero attached hydrogens (tertiary/aromatic N) is 2. The number of carbonyl (C=O) groups is 1. The molecule has 7 heteroatoms. The summed E-state index contributed by atoms with van der Waals surface area (Å²) in [6, 6.07) is 15.5. The van der Waals surface area contributed by atoms with Crippen LogP contribution in [0.4, 0.5) is 0 Å². The van der Waals surface area contributed by atoms with E-state index in [-0.39, 0.29) is 11.9 Å². The Kier molecular flexibility index (Phi) is 5.31. The van der Waals surface area contributed by atoms with Gasteiger partial charge in [0.05, 0.1) is 11.0 Å². The van der Waals surface area contributed by atoms with Gasteiger partial charge in [-0.2, -0.15) is 0 Å². The van der Waals surface area contributed by atoms with Crippen LogP contribution in [0.15, 0.2) is 58.1 Å². The number of carbonyl (C=O) groups excluding carboxylic acids is 1. The summed E-state index contributed by atoms with van der Waals surface area (Å²) >= 11 is 0. The number of amides is 1. The Hall–Kier alpha value is -3.19. The van der Waals surface area contributed by atoms with E-state index in [1.807, 2.05) is 13.1 Å². The van der Waals surface area contributed by atoms with E-state index in [1.165, 1.54) is 5.56 Å². The first-order chi connectivity index (χ1) is 14.0. The maximum absolute atomic E-state index is 13.0. The van der Waals surface area contributed by atoms with E-state index in [4.69, 9.17) is 0 Å². The van der Waals surface area contributed by atoms with Gasteiger partial charge in [0.25, 0.3) is 5.91 Å². The van der Waals surface area contributed by atoms with Gasteiger partial charge in [0, 0.05) is 38.3 Å². The Morgan fingerprint density at radius 3 is 2.34 bits per heavy atom. The van der Waals surface area contributed by atoms with Crippen molar-refractivity contribution in [1.29, 1.82) is 0 Å². The molecule has 0 spiro atoms. The molecule has 1 amide bonds. The number of piperidine rings is 1. The van der Waals surface area contributed by atoms with Gasteiger partial charge < -0.3 is 14.9 Å². The SMILES string of the molecule is CN(C(=O)c1ccc2[nH]c(=O)c(=O)[nH]c2c1)C1CCN(Cc2ccccc2)CC1. The predicted molar refractivity (Wildman–Crippen MR) is 112 cm³/mol. The third kappa shape index (κ3) is 4.14. The van der Waals surface area contributed by atoms with Gasteiger partial charge >= 0.3 is 11.1 Å². The lowest BCUT2D eigenvalue weighted by Crippen LogP contribution is -2.45. The van der Waals surface area contributed by atoms with Gasteiger partial charge in [-0.25, -0.2) is 0 Å². The molecule has 7 nitrogen and oxygen atoms in total. The van der Waals surface area contributed by atoms with Gasteiger partial charge in [-0.05, 0) is 36.6 Å². The molecule has 0 aliphatic carbocycles. The van der Waals surface area contributed by atoms with Crippen molar-refractivity contribution in [3.8, 4) is 0 Å². The molecule has 0 unspecified atom stereocenters. The smallest absolute Gasteiger partial charge is 0.314 e. The molecular weight excluding hydrogens is 368 g/mol. The van der Waals surface area contributed by atoms with Crippen LogP contribution in [0.1, 0.15) is 28.8 Å². The first kappa shape index (κ1) is 19.1. The number of aromatic nitrogens is 2. The molecule has 0 saturated carbocycles.